The molecule has 1 amide bonds. The quantitative estimate of drug-likeness (QED) is 0.522. The molecule has 0 radical (unpaired) electrons. The summed E-state index contributed by atoms with van der Waals surface area (Å²) in [4.78, 5) is 15.3. The minimum atomic E-state index is 0.00691. The maximum absolute atomic E-state index is 13.4. The molecule has 0 saturated heterocycles. The second-order valence-electron chi connectivity index (χ2n) is 9.62. The van der Waals surface area contributed by atoms with Crippen molar-refractivity contribution in [2.24, 2.45) is 7.05 Å². The molecule has 2 aromatic carbocycles. The minimum absolute atomic E-state index is 0.00691. The number of amides is 1. The van der Waals surface area contributed by atoms with Crippen LogP contribution in [0.1, 0.15) is 78.3 Å². The molecule has 7 heteroatoms. The molecule has 2 aliphatic rings. The number of carbonyl (C=O) groups excluding carboxylic acids is 1. The molecular weight excluding hydrogens is 434 g/mol. The Kier molecular flexibility index (Phi) is 5.75. The van der Waals surface area contributed by atoms with Crippen molar-refractivity contribution in [3.63, 3.8) is 0 Å². The van der Waals surface area contributed by atoms with Gasteiger partial charge in [0, 0.05) is 46.9 Å². The minimum Gasteiger partial charge on any atom is -0.320 e. The summed E-state index contributed by atoms with van der Waals surface area (Å²) in [5.41, 5.74) is 4.89. The van der Waals surface area contributed by atoms with Crippen molar-refractivity contribution in [2.45, 2.75) is 64.1 Å². The number of hydrogen-bond donors (Lipinski definition) is 1. The molecule has 0 spiro atoms. The van der Waals surface area contributed by atoms with Crippen molar-refractivity contribution in [1.82, 2.24) is 20.1 Å². The summed E-state index contributed by atoms with van der Waals surface area (Å²) < 4.78 is 1.96. The van der Waals surface area contributed by atoms with Gasteiger partial charge in [-0.3, -0.25) is 4.79 Å². The highest BCUT2D eigenvalue weighted by Crippen LogP contribution is 2.36. The van der Waals surface area contributed by atoms with E-state index in [1.54, 1.807) is 6.33 Å². The fourth-order valence-corrected chi connectivity index (χ4v) is 5.32. The molecule has 0 unspecified atom stereocenters. The van der Waals surface area contributed by atoms with E-state index in [0.717, 1.165) is 41.2 Å². The van der Waals surface area contributed by atoms with Crippen molar-refractivity contribution < 1.29 is 4.79 Å². The van der Waals surface area contributed by atoms with E-state index < -0.39 is 0 Å². The molecule has 1 atom stereocenters. The third-order valence-corrected chi connectivity index (χ3v) is 7.61. The lowest BCUT2D eigenvalue weighted by Gasteiger charge is -2.39. The molecular formula is C26H30ClN5O. The van der Waals surface area contributed by atoms with Crippen molar-refractivity contribution in [3.05, 3.63) is 75.8 Å². The van der Waals surface area contributed by atoms with E-state index in [1.807, 2.05) is 40.8 Å². The Morgan fingerprint density at radius 3 is 2.73 bits per heavy atom. The van der Waals surface area contributed by atoms with Gasteiger partial charge >= 0.3 is 0 Å². The molecule has 33 heavy (non-hydrogen) atoms. The van der Waals surface area contributed by atoms with Crippen LogP contribution < -0.4 is 10.2 Å². The summed E-state index contributed by atoms with van der Waals surface area (Å²) in [5, 5.41) is 12.7. The first-order valence-electron chi connectivity index (χ1n) is 11.7. The number of benzene rings is 2. The summed E-state index contributed by atoms with van der Waals surface area (Å²) >= 11 is 6.66. The lowest BCUT2D eigenvalue weighted by atomic mass is 9.78. The number of anilines is 1. The molecule has 1 aromatic heterocycles. The van der Waals surface area contributed by atoms with Gasteiger partial charge in [-0.05, 0) is 68.0 Å². The average molecular weight is 464 g/mol. The maximum atomic E-state index is 13.4. The number of carbonyl (C=O) groups is 1. The Labute approximate surface area is 200 Å². The van der Waals surface area contributed by atoms with Crippen LogP contribution in [0.3, 0.4) is 0 Å². The monoisotopic (exact) mass is 463 g/mol. The zero-order valence-corrected chi connectivity index (χ0v) is 20.2. The van der Waals surface area contributed by atoms with Gasteiger partial charge in [0.05, 0.1) is 6.54 Å². The first-order chi connectivity index (χ1) is 15.9. The Morgan fingerprint density at radius 2 is 2.06 bits per heavy atom. The third-order valence-electron chi connectivity index (χ3n) is 7.27. The number of nitrogens with zero attached hydrogens (tertiary/aromatic N) is 4. The SMILES string of the molecule is CC[C@@H](c1cccc(N2Cc3c(Cl)cc(CNC4(C)CCC4)cc3C2=O)c1)c1nncn1C. The largest absolute Gasteiger partial charge is 0.320 e. The summed E-state index contributed by atoms with van der Waals surface area (Å²) in [6.07, 6.45) is 6.29. The van der Waals surface area contributed by atoms with Gasteiger partial charge in [-0.15, -0.1) is 10.2 Å². The number of aryl methyl sites for hydroxylation is 1. The third kappa shape index (κ3) is 4.06. The molecule has 6 nitrogen and oxygen atoms in total. The Balaban J connectivity index is 1.40. The lowest BCUT2D eigenvalue weighted by Crippen LogP contribution is -2.47. The number of nitrogens with one attached hydrogen (secondary N) is 1. The molecule has 0 bridgehead atoms. The van der Waals surface area contributed by atoms with Crippen LogP contribution in [0.2, 0.25) is 5.02 Å². The van der Waals surface area contributed by atoms with E-state index in [-0.39, 0.29) is 17.4 Å². The predicted molar refractivity (Wildman–Crippen MR) is 131 cm³/mol. The number of hydrogen-bond acceptors (Lipinski definition) is 4. The topological polar surface area (TPSA) is 63.1 Å². The van der Waals surface area contributed by atoms with Gasteiger partial charge in [-0.25, -0.2) is 0 Å². The van der Waals surface area contributed by atoms with Crippen LogP contribution in [0.15, 0.2) is 42.7 Å². The number of aromatic nitrogens is 3. The fraction of sp³-hybridized carbons (Fsp3) is 0.423. The second-order valence-corrected chi connectivity index (χ2v) is 10.0. The predicted octanol–water partition coefficient (Wildman–Crippen LogP) is 5.20. The van der Waals surface area contributed by atoms with E-state index in [2.05, 4.69) is 41.5 Å². The highest BCUT2D eigenvalue weighted by Gasteiger charge is 2.33. The molecule has 1 saturated carbocycles. The van der Waals surface area contributed by atoms with Crippen molar-refractivity contribution in [2.75, 3.05) is 4.90 Å². The Hall–Kier alpha value is -2.70. The lowest BCUT2D eigenvalue weighted by molar-refractivity contribution is 0.0996. The summed E-state index contributed by atoms with van der Waals surface area (Å²) in [6, 6.07) is 12.2. The zero-order chi connectivity index (χ0) is 23.2. The van der Waals surface area contributed by atoms with E-state index in [9.17, 15) is 4.79 Å². The van der Waals surface area contributed by atoms with Crippen LogP contribution in [0, 0.1) is 0 Å². The zero-order valence-electron chi connectivity index (χ0n) is 19.4. The van der Waals surface area contributed by atoms with Gasteiger partial charge in [0.2, 0.25) is 0 Å². The van der Waals surface area contributed by atoms with E-state index in [4.69, 9.17) is 11.6 Å². The number of halogens is 1. The number of fused-ring (bicyclic) bond motifs is 1. The standard InChI is InChI=1S/C26H30ClN5O/c1-4-20(24-30-29-16-31(24)3)18-7-5-8-19(13-18)32-15-22-21(25(32)33)11-17(12-23(22)27)14-28-26(2)9-6-10-26/h5,7-8,11-13,16,20,28H,4,6,9-10,14-15H2,1-3H3/t20-/m0/s1. The molecule has 5 rings (SSSR count). The molecule has 1 aliphatic heterocycles. The first kappa shape index (κ1) is 22.1. The van der Waals surface area contributed by atoms with Crippen LogP contribution in [0.5, 0.6) is 0 Å². The van der Waals surface area contributed by atoms with Crippen LogP contribution in [0.4, 0.5) is 5.69 Å². The van der Waals surface area contributed by atoms with Crippen molar-refractivity contribution in [1.29, 1.82) is 0 Å². The van der Waals surface area contributed by atoms with Crippen molar-refractivity contribution in [3.8, 4) is 0 Å². The van der Waals surface area contributed by atoms with Crippen LogP contribution in [-0.2, 0) is 20.1 Å². The van der Waals surface area contributed by atoms with Crippen molar-refractivity contribution >= 4 is 23.2 Å². The molecule has 1 aliphatic carbocycles. The van der Waals surface area contributed by atoms with Gasteiger partial charge in [0.1, 0.15) is 12.2 Å². The Bertz CT molecular complexity index is 1200. The first-order valence-corrected chi connectivity index (χ1v) is 12.1. The van der Waals surface area contributed by atoms with Crippen LogP contribution in [-0.4, -0.2) is 26.2 Å². The summed E-state index contributed by atoms with van der Waals surface area (Å²) in [7, 11) is 1.96. The molecule has 2 heterocycles. The normalized spacial score (nSPS) is 17.7. The highest BCUT2D eigenvalue weighted by molar-refractivity contribution is 6.32. The molecule has 3 aromatic rings. The highest BCUT2D eigenvalue weighted by atomic mass is 35.5. The fourth-order valence-electron chi connectivity index (χ4n) is 5.01. The van der Waals surface area contributed by atoms with Crippen LogP contribution >= 0.6 is 11.6 Å². The van der Waals surface area contributed by atoms with Crippen LogP contribution in [0.25, 0.3) is 0 Å². The average Bonchev–Trinajstić information content (AvgIpc) is 3.36. The second kappa shape index (κ2) is 8.58. The number of rotatable bonds is 7. The summed E-state index contributed by atoms with van der Waals surface area (Å²) in [6.45, 7) is 5.61. The van der Waals surface area contributed by atoms with Gasteiger partial charge in [-0.2, -0.15) is 0 Å². The van der Waals surface area contributed by atoms with Gasteiger partial charge in [0.15, 0.2) is 0 Å². The molecule has 172 valence electrons. The van der Waals surface area contributed by atoms with E-state index in [1.165, 1.54) is 19.3 Å². The molecule has 1 fully saturated rings. The maximum Gasteiger partial charge on any atom is 0.258 e. The Morgan fingerprint density at radius 1 is 1.24 bits per heavy atom. The van der Waals surface area contributed by atoms with Gasteiger partial charge in [0.25, 0.3) is 5.91 Å². The van der Waals surface area contributed by atoms with Gasteiger partial charge in [-0.1, -0.05) is 30.7 Å². The summed E-state index contributed by atoms with van der Waals surface area (Å²) in [5.74, 6) is 1.05. The van der Waals surface area contributed by atoms with E-state index >= 15 is 0 Å². The smallest absolute Gasteiger partial charge is 0.258 e. The van der Waals surface area contributed by atoms with Gasteiger partial charge < -0.3 is 14.8 Å². The van der Waals surface area contributed by atoms with E-state index in [0.29, 0.717) is 17.1 Å². The molecule has 1 N–H and O–H groups in total.